The summed E-state index contributed by atoms with van der Waals surface area (Å²) in [4.78, 5) is 0. The highest BCUT2D eigenvalue weighted by atomic mass is 19.2. The van der Waals surface area contributed by atoms with Gasteiger partial charge in [-0.05, 0) is 5.56 Å². The Balaban J connectivity index is 2.38. The monoisotopic (exact) mass is 448 g/mol. The fourth-order valence-corrected chi connectivity index (χ4v) is 2.90. The van der Waals surface area contributed by atoms with Gasteiger partial charge in [-0.25, -0.2) is 43.9 Å². The predicted molar refractivity (Wildman–Crippen MR) is 93.0 cm³/mol. The molecule has 3 rings (SSSR count). The Morgan fingerprint density at radius 2 is 0.774 bits per heavy atom. The van der Waals surface area contributed by atoms with Gasteiger partial charge in [0.1, 0.15) is 0 Å². The molecule has 0 aliphatic rings. The maximum absolute atomic E-state index is 14.3. The fourth-order valence-electron chi connectivity index (χ4n) is 2.90. The van der Waals surface area contributed by atoms with Crippen molar-refractivity contribution in [3.05, 3.63) is 100 Å². The smallest absolute Gasteiger partial charge is 0.204 e. The van der Waals surface area contributed by atoms with E-state index < -0.39 is 75.8 Å². The lowest BCUT2D eigenvalue weighted by atomic mass is 9.40. The van der Waals surface area contributed by atoms with Crippen LogP contribution in [0.25, 0.3) is 6.08 Å². The minimum absolute atomic E-state index is 0.236. The highest BCUT2D eigenvalue weighted by molar-refractivity contribution is 6.89. The van der Waals surface area contributed by atoms with Crippen LogP contribution in [0.15, 0.2) is 36.3 Å². The molecule has 0 heterocycles. The molecule has 0 aliphatic carbocycles. The molecule has 3 aromatic rings. The molecular formula is C20H7BF10. The lowest BCUT2D eigenvalue weighted by molar-refractivity contribution is 0.382. The quantitative estimate of drug-likeness (QED) is 0.230. The SMILES string of the molecule is Fc1c(F)c(F)c(B(C=Cc2ccccc2)c2c(F)c(F)c(F)c(F)c2F)c(F)c1F. The van der Waals surface area contributed by atoms with Crippen molar-refractivity contribution >= 4 is 23.7 Å². The second kappa shape index (κ2) is 8.48. The molecule has 31 heavy (non-hydrogen) atoms. The average Bonchev–Trinajstić information content (AvgIpc) is 2.77. The van der Waals surface area contributed by atoms with Crippen LogP contribution in [0.2, 0.25) is 0 Å². The molecule has 0 nitrogen and oxygen atoms in total. The standard InChI is InChI=1S/C20H7BF10/c22-11-9(12(23)16(27)19(30)15(11)26)21(7-6-8-4-2-1-3-5-8)10-13(24)17(28)20(31)18(29)14(10)25/h1-7H. The van der Waals surface area contributed by atoms with Crippen molar-refractivity contribution in [2.24, 2.45) is 0 Å². The molecule has 0 aliphatic heterocycles. The van der Waals surface area contributed by atoms with Gasteiger partial charge in [0.2, 0.25) is 6.71 Å². The fraction of sp³-hybridized carbons (Fsp3) is 0. The second-order valence-corrected chi connectivity index (χ2v) is 6.21. The number of hydrogen-bond donors (Lipinski definition) is 0. The number of hydrogen-bond acceptors (Lipinski definition) is 0. The summed E-state index contributed by atoms with van der Waals surface area (Å²) >= 11 is 0. The van der Waals surface area contributed by atoms with Gasteiger partial charge in [-0.1, -0.05) is 36.4 Å². The van der Waals surface area contributed by atoms with Crippen LogP contribution in [0.3, 0.4) is 0 Å². The van der Waals surface area contributed by atoms with E-state index in [4.69, 9.17) is 0 Å². The van der Waals surface area contributed by atoms with Crippen molar-refractivity contribution in [1.82, 2.24) is 0 Å². The Morgan fingerprint density at radius 3 is 1.13 bits per heavy atom. The Kier molecular flexibility index (Phi) is 6.14. The van der Waals surface area contributed by atoms with Gasteiger partial charge in [0.15, 0.2) is 58.2 Å². The van der Waals surface area contributed by atoms with Crippen LogP contribution in [0.1, 0.15) is 5.56 Å². The van der Waals surface area contributed by atoms with Crippen LogP contribution in [0.4, 0.5) is 43.9 Å². The van der Waals surface area contributed by atoms with E-state index in [1.54, 1.807) is 6.07 Å². The van der Waals surface area contributed by atoms with Crippen LogP contribution in [0.5, 0.6) is 0 Å². The molecule has 160 valence electrons. The lowest BCUT2D eigenvalue weighted by Gasteiger charge is -2.17. The predicted octanol–water partition coefficient (Wildman–Crippen LogP) is 4.94. The molecule has 0 N–H and O–H groups in total. The molecule has 0 saturated carbocycles. The van der Waals surface area contributed by atoms with Gasteiger partial charge >= 0.3 is 0 Å². The largest absolute Gasteiger partial charge is 0.250 e. The third-order valence-electron chi connectivity index (χ3n) is 4.39. The van der Waals surface area contributed by atoms with E-state index in [0.29, 0.717) is 5.98 Å². The average molecular weight is 448 g/mol. The first-order chi connectivity index (χ1) is 14.6. The van der Waals surface area contributed by atoms with E-state index in [1.165, 1.54) is 24.3 Å². The van der Waals surface area contributed by atoms with Crippen LogP contribution >= 0.6 is 0 Å². The van der Waals surface area contributed by atoms with Crippen molar-refractivity contribution in [2.75, 3.05) is 0 Å². The van der Waals surface area contributed by atoms with E-state index in [1.807, 2.05) is 0 Å². The molecule has 0 amide bonds. The van der Waals surface area contributed by atoms with Gasteiger partial charge in [-0.2, -0.15) is 0 Å². The molecule has 0 unspecified atom stereocenters. The van der Waals surface area contributed by atoms with Crippen LogP contribution in [-0.2, 0) is 0 Å². The first kappa shape index (κ1) is 22.5. The number of halogens is 10. The summed E-state index contributed by atoms with van der Waals surface area (Å²) in [7, 11) is 0. The zero-order valence-corrected chi connectivity index (χ0v) is 14.9. The van der Waals surface area contributed by atoms with Crippen LogP contribution in [0, 0.1) is 58.2 Å². The van der Waals surface area contributed by atoms with E-state index >= 15 is 0 Å². The van der Waals surface area contributed by atoms with Crippen LogP contribution in [-0.4, -0.2) is 6.71 Å². The summed E-state index contributed by atoms with van der Waals surface area (Å²) < 4.78 is 139. The van der Waals surface area contributed by atoms with Gasteiger partial charge in [0.25, 0.3) is 0 Å². The molecule has 11 heteroatoms. The van der Waals surface area contributed by atoms with E-state index in [2.05, 4.69) is 0 Å². The van der Waals surface area contributed by atoms with Crippen molar-refractivity contribution in [3.63, 3.8) is 0 Å². The van der Waals surface area contributed by atoms with Gasteiger partial charge < -0.3 is 0 Å². The maximum Gasteiger partial charge on any atom is 0.250 e. The summed E-state index contributed by atoms with van der Waals surface area (Å²) in [6.07, 6.45) is 0.959. The Hall–Kier alpha value is -3.24. The summed E-state index contributed by atoms with van der Waals surface area (Å²) in [5.41, 5.74) is -3.33. The zero-order valence-electron chi connectivity index (χ0n) is 14.9. The second-order valence-electron chi connectivity index (χ2n) is 6.21. The zero-order chi connectivity index (χ0) is 23.0. The van der Waals surface area contributed by atoms with Gasteiger partial charge in [0.05, 0.1) is 0 Å². The Bertz CT molecular complexity index is 1060. The minimum Gasteiger partial charge on any atom is -0.204 e. The van der Waals surface area contributed by atoms with E-state index in [-0.39, 0.29) is 5.56 Å². The first-order valence-corrected chi connectivity index (χ1v) is 8.33. The normalized spacial score (nSPS) is 11.4. The lowest BCUT2D eigenvalue weighted by Crippen LogP contribution is -2.49. The van der Waals surface area contributed by atoms with Crippen molar-refractivity contribution in [1.29, 1.82) is 0 Å². The third-order valence-corrected chi connectivity index (χ3v) is 4.39. The summed E-state index contributed by atoms with van der Waals surface area (Å²) in [6, 6.07) is 7.30. The molecule has 0 atom stereocenters. The van der Waals surface area contributed by atoms with Crippen molar-refractivity contribution in [2.45, 2.75) is 0 Å². The van der Waals surface area contributed by atoms with Gasteiger partial charge in [0, 0.05) is 10.9 Å². The molecule has 0 radical (unpaired) electrons. The summed E-state index contributed by atoms with van der Waals surface area (Å²) in [5, 5.41) is 0. The molecule has 0 saturated heterocycles. The molecule has 3 aromatic carbocycles. The molecule has 0 spiro atoms. The summed E-state index contributed by atoms with van der Waals surface area (Å²) in [6.45, 7) is -2.56. The van der Waals surface area contributed by atoms with E-state index in [9.17, 15) is 43.9 Å². The number of rotatable bonds is 4. The third kappa shape index (κ3) is 3.80. The summed E-state index contributed by atoms with van der Waals surface area (Å²) in [5.74, 6) is -24.3. The number of benzene rings is 3. The molecule has 0 fully saturated rings. The van der Waals surface area contributed by atoms with Gasteiger partial charge in [-0.3, -0.25) is 0 Å². The van der Waals surface area contributed by atoms with Crippen molar-refractivity contribution in [3.8, 4) is 0 Å². The molecule has 0 aromatic heterocycles. The minimum atomic E-state index is -2.56. The van der Waals surface area contributed by atoms with Crippen LogP contribution < -0.4 is 10.9 Å². The molecule has 0 bridgehead atoms. The van der Waals surface area contributed by atoms with Gasteiger partial charge in [-0.15, -0.1) is 5.98 Å². The topological polar surface area (TPSA) is 0 Å². The highest BCUT2D eigenvalue weighted by Crippen LogP contribution is 2.21. The molecular weight excluding hydrogens is 441 g/mol. The van der Waals surface area contributed by atoms with E-state index in [0.717, 1.165) is 6.08 Å². The first-order valence-electron chi connectivity index (χ1n) is 8.33. The maximum atomic E-state index is 14.3. The highest BCUT2D eigenvalue weighted by Gasteiger charge is 2.38. The Morgan fingerprint density at radius 1 is 0.452 bits per heavy atom. The Labute approximate surface area is 168 Å². The van der Waals surface area contributed by atoms with Crippen molar-refractivity contribution < 1.29 is 43.9 Å².